The molecule has 5 nitrogen and oxygen atoms in total. The van der Waals surface area contributed by atoms with Gasteiger partial charge in [-0.25, -0.2) is 0 Å². The molecule has 0 saturated carbocycles. The van der Waals surface area contributed by atoms with Gasteiger partial charge in [0.05, 0.1) is 4.92 Å². The Balaban J connectivity index is 2.23. The first kappa shape index (κ1) is 16.7. The third kappa shape index (κ3) is 5.24. The predicted octanol–water partition coefficient (Wildman–Crippen LogP) is 3.80. The Morgan fingerprint density at radius 1 is 1.30 bits per heavy atom. The van der Waals surface area contributed by atoms with E-state index in [-0.39, 0.29) is 18.0 Å². The standard InChI is InChI=1S/C17H18N2O3Si/c1-23(2,3)10-8-14-6-7-17(16(11-14)19(20)21)22-13-15-5-4-9-18-12-15/h4-7,9,11-12H,13H2,1-3H3. The normalized spacial score (nSPS) is 10.6. The molecule has 0 atom stereocenters. The van der Waals surface area contributed by atoms with Crippen LogP contribution < -0.4 is 4.74 Å². The Hall–Kier alpha value is -2.65. The van der Waals surface area contributed by atoms with Crippen molar-refractivity contribution in [2.45, 2.75) is 26.2 Å². The average molecular weight is 326 g/mol. The first-order chi connectivity index (χ1) is 10.8. The summed E-state index contributed by atoms with van der Waals surface area (Å²) in [4.78, 5) is 14.8. The summed E-state index contributed by atoms with van der Waals surface area (Å²) in [6, 6.07) is 8.46. The maximum Gasteiger partial charge on any atom is 0.312 e. The Labute approximate surface area is 136 Å². The lowest BCUT2D eigenvalue weighted by Crippen LogP contribution is -2.16. The van der Waals surface area contributed by atoms with Gasteiger partial charge in [-0.1, -0.05) is 31.6 Å². The number of benzene rings is 1. The number of ether oxygens (including phenoxy) is 1. The number of rotatable bonds is 4. The lowest BCUT2D eigenvalue weighted by atomic mass is 10.2. The molecule has 1 aromatic heterocycles. The zero-order chi connectivity index (χ0) is 16.9. The van der Waals surface area contributed by atoms with Crippen molar-refractivity contribution in [2.75, 3.05) is 0 Å². The van der Waals surface area contributed by atoms with Crippen LogP contribution in [0.4, 0.5) is 5.69 Å². The number of nitro benzene ring substituents is 1. The summed E-state index contributed by atoms with van der Waals surface area (Å²) in [6.07, 6.45) is 3.33. The van der Waals surface area contributed by atoms with Crippen molar-refractivity contribution >= 4 is 13.8 Å². The summed E-state index contributed by atoms with van der Waals surface area (Å²) >= 11 is 0. The van der Waals surface area contributed by atoms with E-state index in [2.05, 4.69) is 36.1 Å². The van der Waals surface area contributed by atoms with E-state index in [1.807, 2.05) is 6.07 Å². The fraction of sp³-hybridized carbons (Fsp3) is 0.235. The summed E-state index contributed by atoms with van der Waals surface area (Å²) in [5.41, 5.74) is 4.61. The first-order valence-corrected chi connectivity index (χ1v) is 10.7. The lowest BCUT2D eigenvalue weighted by Gasteiger charge is -2.07. The molecule has 0 radical (unpaired) electrons. The van der Waals surface area contributed by atoms with Gasteiger partial charge in [-0.3, -0.25) is 15.1 Å². The fourth-order valence-electron chi connectivity index (χ4n) is 1.76. The molecule has 0 aliphatic heterocycles. The first-order valence-electron chi connectivity index (χ1n) is 7.18. The third-order valence-corrected chi connectivity index (χ3v) is 3.73. The third-order valence-electron chi connectivity index (χ3n) is 2.85. The van der Waals surface area contributed by atoms with E-state index in [0.29, 0.717) is 5.56 Å². The highest BCUT2D eigenvalue weighted by Crippen LogP contribution is 2.28. The van der Waals surface area contributed by atoms with Gasteiger partial charge >= 0.3 is 5.69 Å². The van der Waals surface area contributed by atoms with Crippen LogP contribution in [0.15, 0.2) is 42.7 Å². The molecule has 0 saturated heterocycles. The minimum atomic E-state index is -1.53. The SMILES string of the molecule is C[Si](C)(C)C#Cc1ccc(OCc2cccnc2)c([N+](=O)[O-])c1. The summed E-state index contributed by atoms with van der Waals surface area (Å²) in [5.74, 6) is 3.26. The molecule has 0 unspecified atom stereocenters. The van der Waals surface area contributed by atoms with Gasteiger partial charge in [-0.05, 0) is 18.2 Å². The van der Waals surface area contributed by atoms with Crippen LogP contribution in [0, 0.1) is 21.6 Å². The molecule has 1 aromatic carbocycles. The molecule has 0 N–H and O–H groups in total. The van der Waals surface area contributed by atoms with Crippen LogP contribution in [-0.4, -0.2) is 18.0 Å². The Bertz CT molecular complexity index is 759. The minimum Gasteiger partial charge on any atom is -0.482 e. The van der Waals surface area contributed by atoms with Crippen LogP contribution in [0.25, 0.3) is 0 Å². The van der Waals surface area contributed by atoms with Crippen molar-refractivity contribution in [2.24, 2.45) is 0 Å². The summed E-state index contributed by atoms with van der Waals surface area (Å²) in [7, 11) is -1.53. The fourth-order valence-corrected chi connectivity index (χ4v) is 2.28. The van der Waals surface area contributed by atoms with Gasteiger partial charge in [0.1, 0.15) is 14.7 Å². The van der Waals surface area contributed by atoms with Crippen molar-refractivity contribution in [1.29, 1.82) is 0 Å². The van der Waals surface area contributed by atoms with Crippen molar-refractivity contribution in [3.8, 4) is 17.2 Å². The number of nitrogens with zero attached hydrogens (tertiary/aromatic N) is 2. The topological polar surface area (TPSA) is 65.3 Å². The van der Waals surface area contributed by atoms with E-state index in [9.17, 15) is 10.1 Å². The average Bonchev–Trinajstić information content (AvgIpc) is 2.51. The highest BCUT2D eigenvalue weighted by atomic mass is 28.3. The van der Waals surface area contributed by atoms with Crippen molar-refractivity contribution in [3.05, 3.63) is 64.0 Å². The molecule has 0 amide bonds. The number of pyridine rings is 1. The second kappa shape index (κ2) is 7.07. The van der Waals surface area contributed by atoms with E-state index >= 15 is 0 Å². The van der Waals surface area contributed by atoms with Crippen LogP contribution in [0.5, 0.6) is 5.75 Å². The van der Waals surface area contributed by atoms with Gasteiger partial charge in [0.25, 0.3) is 0 Å². The second-order valence-electron chi connectivity index (χ2n) is 6.09. The molecular weight excluding hydrogens is 308 g/mol. The van der Waals surface area contributed by atoms with Crippen molar-refractivity contribution < 1.29 is 9.66 Å². The molecule has 0 aliphatic carbocycles. The highest BCUT2D eigenvalue weighted by Gasteiger charge is 2.16. The van der Waals surface area contributed by atoms with Gasteiger partial charge in [0.15, 0.2) is 5.75 Å². The van der Waals surface area contributed by atoms with Crippen LogP contribution in [0.3, 0.4) is 0 Å². The molecule has 0 spiro atoms. The summed E-state index contributed by atoms with van der Waals surface area (Å²) < 4.78 is 5.56. The highest BCUT2D eigenvalue weighted by molar-refractivity contribution is 6.83. The van der Waals surface area contributed by atoms with E-state index in [4.69, 9.17) is 4.74 Å². The van der Waals surface area contributed by atoms with Crippen LogP contribution >= 0.6 is 0 Å². The zero-order valence-corrected chi connectivity index (χ0v) is 14.4. The molecule has 2 aromatic rings. The maximum absolute atomic E-state index is 11.3. The molecule has 118 valence electrons. The number of hydrogen-bond donors (Lipinski definition) is 0. The largest absolute Gasteiger partial charge is 0.482 e. The molecule has 6 heteroatoms. The van der Waals surface area contributed by atoms with Crippen molar-refractivity contribution in [3.63, 3.8) is 0 Å². The van der Waals surface area contributed by atoms with Crippen molar-refractivity contribution in [1.82, 2.24) is 4.98 Å². The quantitative estimate of drug-likeness (QED) is 0.371. The summed E-state index contributed by atoms with van der Waals surface area (Å²) in [6.45, 7) is 6.61. The number of nitro groups is 1. The van der Waals surface area contributed by atoms with E-state index < -0.39 is 13.0 Å². The monoisotopic (exact) mass is 326 g/mol. The Morgan fingerprint density at radius 3 is 2.70 bits per heavy atom. The molecule has 23 heavy (non-hydrogen) atoms. The van der Waals surface area contributed by atoms with Crippen LogP contribution in [0.1, 0.15) is 11.1 Å². The second-order valence-corrected chi connectivity index (χ2v) is 10.8. The molecule has 2 rings (SSSR count). The molecule has 0 fully saturated rings. The predicted molar refractivity (Wildman–Crippen MR) is 91.9 cm³/mol. The minimum absolute atomic E-state index is 0.0729. The van der Waals surface area contributed by atoms with Crippen LogP contribution in [0.2, 0.25) is 19.6 Å². The van der Waals surface area contributed by atoms with Gasteiger partial charge in [-0.15, -0.1) is 5.54 Å². The van der Waals surface area contributed by atoms with Gasteiger partial charge in [0, 0.05) is 29.6 Å². The molecular formula is C17H18N2O3Si. The van der Waals surface area contributed by atoms with E-state index in [1.165, 1.54) is 6.07 Å². The smallest absolute Gasteiger partial charge is 0.312 e. The Morgan fingerprint density at radius 2 is 2.09 bits per heavy atom. The van der Waals surface area contributed by atoms with Crippen LogP contribution in [-0.2, 0) is 6.61 Å². The van der Waals surface area contributed by atoms with E-state index in [0.717, 1.165) is 5.56 Å². The number of hydrogen-bond acceptors (Lipinski definition) is 4. The van der Waals surface area contributed by atoms with Gasteiger partial charge in [0.2, 0.25) is 0 Å². The molecule has 0 bridgehead atoms. The zero-order valence-electron chi connectivity index (χ0n) is 13.4. The summed E-state index contributed by atoms with van der Waals surface area (Å²) in [5, 5.41) is 11.3. The van der Waals surface area contributed by atoms with Gasteiger partial charge < -0.3 is 4.74 Å². The van der Waals surface area contributed by atoms with Gasteiger partial charge in [-0.2, -0.15) is 0 Å². The number of aromatic nitrogens is 1. The Kier molecular flexibility index (Phi) is 5.14. The maximum atomic E-state index is 11.3. The molecule has 0 aliphatic rings. The molecule has 1 heterocycles. The lowest BCUT2D eigenvalue weighted by molar-refractivity contribution is -0.386. The van der Waals surface area contributed by atoms with E-state index in [1.54, 1.807) is 30.6 Å².